The van der Waals surface area contributed by atoms with E-state index in [0.29, 0.717) is 23.3 Å². The van der Waals surface area contributed by atoms with Crippen LogP contribution in [-0.4, -0.2) is 4.98 Å². The third-order valence-corrected chi connectivity index (χ3v) is 3.48. The van der Waals surface area contributed by atoms with E-state index in [0.717, 1.165) is 15.7 Å². The summed E-state index contributed by atoms with van der Waals surface area (Å²) in [6.45, 7) is 0.594. The molecule has 20 heavy (non-hydrogen) atoms. The third-order valence-electron chi connectivity index (χ3n) is 2.98. The summed E-state index contributed by atoms with van der Waals surface area (Å²) in [6.07, 6.45) is 0. The second-order valence-corrected chi connectivity index (χ2v) is 5.35. The summed E-state index contributed by atoms with van der Waals surface area (Å²) in [5, 5.41) is 3.25. The van der Waals surface area contributed by atoms with Crippen LogP contribution in [0.15, 0.2) is 50.1 Å². The Balaban J connectivity index is 1.80. The zero-order valence-corrected chi connectivity index (χ0v) is 12.0. The first-order chi connectivity index (χ1) is 9.61. The quantitative estimate of drug-likeness (QED) is 0.643. The van der Waals surface area contributed by atoms with Gasteiger partial charge in [0.2, 0.25) is 0 Å². The van der Waals surface area contributed by atoms with Gasteiger partial charge in [0.05, 0.1) is 16.9 Å². The van der Waals surface area contributed by atoms with Gasteiger partial charge < -0.3 is 15.5 Å². The zero-order chi connectivity index (χ0) is 14.1. The van der Waals surface area contributed by atoms with E-state index in [9.17, 15) is 4.79 Å². The Morgan fingerprint density at radius 1 is 1.25 bits per heavy atom. The largest absolute Gasteiger partial charge is 0.417 e. The van der Waals surface area contributed by atoms with Crippen LogP contribution in [0.3, 0.4) is 0 Å². The second-order valence-electron chi connectivity index (χ2n) is 4.43. The van der Waals surface area contributed by atoms with Gasteiger partial charge in [-0.3, -0.25) is 4.98 Å². The molecule has 3 rings (SSSR count). The van der Waals surface area contributed by atoms with Gasteiger partial charge in [0.15, 0.2) is 5.58 Å². The summed E-state index contributed by atoms with van der Waals surface area (Å²) in [6, 6.07) is 11.3. The highest BCUT2D eigenvalue weighted by atomic mass is 79.9. The fourth-order valence-corrected chi connectivity index (χ4v) is 2.37. The Labute approximate surface area is 122 Å². The number of nitrogen functional groups attached to an aromatic ring is 1. The van der Waals surface area contributed by atoms with Crippen molar-refractivity contribution >= 4 is 38.4 Å². The molecule has 102 valence electrons. The van der Waals surface area contributed by atoms with E-state index >= 15 is 0 Å². The summed E-state index contributed by atoms with van der Waals surface area (Å²) in [7, 11) is 0. The Morgan fingerprint density at radius 3 is 2.90 bits per heavy atom. The molecule has 0 aliphatic rings. The molecule has 3 aromatic rings. The highest BCUT2D eigenvalue weighted by Gasteiger charge is 2.03. The van der Waals surface area contributed by atoms with Crippen molar-refractivity contribution in [3.05, 3.63) is 57.0 Å². The molecule has 0 bridgehead atoms. The van der Waals surface area contributed by atoms with E-state index in [1.54, 1.807) is 0 Å². The molecule has 1 heterocycles. The van der Waals surface area contributed by atoms with E-state index < -0.39 is 5.76 Å². The van der Waals surface area contributed by atoms with Gasteiger partial charge in [-0.05, 0) is 35.9 Å². The van der Waals surface area contributed by atoms with Crippen molar-refractivity contribution in [1.82, 2.24) is 4.98 Å². The summed E-state index contributed by atoms with van der Waals surface area (Å²) in [5.74, 6) is -0.442. The van der Waals surface area contributed by atoms with Crippen molar-refractivity contribution in [3.63, 3.8) is 0 Å². The fraction of sp³-hybridized carbons (Fsp3) is 0.0714. The van der Waals surface area contributed by atoms with Crippen molar-refractivity contribution in [3.8, 4) is 0 Å². The first-order valence-electron chi connectivity index (χ1n) is 6.02. The van der Waals surface area contributed by atoms with Crippen LogP contribution in [0.2, 0.25) is 0 Å². The van der Waals surface area contributed by atoms with Crippen molar-refractivity contribution in [1.29, 1.82) is 0 Å². The molecule has 5 nitrogen and oxygen atoms in total. The van der Waals surface area contributed by atoms with Gasteiger partial charge in [-0.15, -0.1) is 0 Å². The van der Waals surface area contributed by atoms with Crippen LogP contribution in [0.1, 0.15) is 5.56 Å². The van der Waals surface area contributed by atoms with E-state index in [2.05, 4.69) is 26.2 Å². The highest BCUT2D eigenvalue weighted by molar-refractivity contribution is 9.10. The molecule has 0 saturated carbocycles. The number of oxazole rings is 1. The SMILES string of the molecule is Nc1cc(Br)ccc1NCc1ccc2[nH]c(=O)oc2c1. The van der Waals surface area contributed by atoms with Gasteiger partial charge in [-0.1, -0.05) is 22.0 Å². The Morgan fingerprint density at radius 2 is 2.10 bits per heavy atom. The maximum Gasteiger partial charge on any atom is 0.417 e. The highest BCUT2D eigenvalue weighted by Crippen LogP contribution is 2.23. The molecule has 4 N–H and O–H groups in total. The smallest absolute Gasteiger partial charge is 0.408 e. The van der Waals surface area contributed by atoms with Crippen LogP contribution < -0.4 is 16.8 Å². The molecule has 6 heteroatoms. The maximum absolute atomic E-state index is 11.1. The number of anilines is 2. The summed E-state index contributed by atoms with van der Waals surface area (Å²) in [5.41, 5.74) is 9.71. The Bertz CT molecular complexity index is 823. The number of rotatable bonds is 3. The van der Waals surface area contributed by atoms with Crippen molar-refractivity contribution < 1.29 is 4.42 Å². The van der Waals surface area contributed by atoms with Crippen LogP contribution in [0.5, 0.6) is 0 Å². The molecule has 0 spiro atoms. The number of aromatic nitrogens is 1. The van der Waals surface area contributed by atoms with E-state index in [1.165, 1.54) is 0 Å². The van der Waals surface area contributed by atoms with Gasteiger partial charge in [0, 0.05) is 11.0 Å². The minimum atomic E-state index is -0.442. The number of fused-ring (bicyclic) bond motifs is 1. The molecule has 0 aliphatic carbocycles. The van der Waals surface area contributed by atoms with Crippen LogP contribution in [0.4, 0.5) is 11.4 Å². The number of nitrogens with two attached hydrogens (primary N) is 1. The first-order valence-corrected chi connectivity index (χ1v) is 6.82. The molecule has 0 atom stereocenters. The van der Waals surface area contributed by atoms with Crippen molar-refractivity contribution in [2.75, 3.05) is 11.1 Å². The summed E-state index contributed by atoms with van der Waals surface area (Å²) < 4.78 is 5.97. The van der Waals surface area contributed by atoms with Crippen LogP contribution in [0.25, 0.3) is 11.1 Å². The predicted molar refractivity (Wildman–Crippen MR) is 82.7 cm³/mol. The molecule has 0 saturated heterocycles. The lowest BCUT2D eigenvalue weighted by atomic mass is 10.2. The van der Waals surface area contributed by atoms with Gasteiger partial charge in [-0.25, -0.2) is 4.79 Å². The van der Waals surface area contributed by atoms with Crippen LogP contribution in [0, 0.1) is 0 Å². The molecule has 0 amide bonds. The molecule has 0 aliphatic heterocycles. The molecule has 0 unspecified atom stereocenters. The number of H-pyrrole nitrogens is 1. The number of hydrogen-bond acceptors (Lipinski definition) is 4. The minimum Gasteiger partial charge on any atom is -0.408 e. The summed E-state index contributed by atoms with van der Waals surface area (Å²) >= 11 is 3.37. The third kappa shape index (κ3) is 2.55. The van der Waals surface area contributed by atoms with Gasteiger partial charge in [0.1, 0.15) is 0 Å². The van der Waals surface area contributed by atoms with Gasteiger partial charge in [0.25, 0.3) is 0 Å². The number of benzene rings is 2. The van der Waals surface area contributed by atoms with Crippen molar-refractivity contribution in [2.45, 2.75) is 6.54 Å². The monoisotopic (exact) mass is 333 g/mol. The lowest BCUT2D eigenvalue weighted by Gasteiger charge is -2.09. The lowest BCUT2D eigenvalue weighted by Crippen LogP contribution is -2.02. The summed E-state index contributed by atoms with van der Waals surface area (Å²) in [4.78, 5) is 13.7. The Hall–Kier alpha value is -2.21. The first kappa shape index (κ1) is 12.8. The molecular weight excluding hydrogens is 322 g/mol. The van der Waals surface area contributed by atoms with Gasteiger partial charge >= 0.3 is 5.76 Å². The molecule has 2 aromatic carbocycles. The molecular formula is C14H12BrN3O2. The lowest BCUT2D eigenvalue weighted by molar-refractivity contribution is 0.555. The second kappa shape index (κ2) is 5.05. The van der Waals surface area contributed by atoms with Crippen LogP contribution >= 0.6 is 15.9 Å². The number of aromatic amines is 1. The molecule has 0 radical (unpaired) electrons. The van der Waals surface area contributed by atoms with E-state index in [4.69, 9.17) is 10.2 Å². The van der Waals surface area contributed by atoms with E-state index in [1.807, 2.05) is 36.4 Å². The minimum absolute atomic E-state index is 0.442. The zero-order valence-electron chi connectivity index (χ0n) is 10.4. The Kier molecular flexibility index (Phi) is 3.23. The van der Waals surface area contributed by atoms with E-state index in [-0.39, 0.29) is 0 Å². The number of nitrogens with one attached hydrogen (secondary N) is 2. The van der Waals surface area contributed by atoms with Gasteiger partial charge in [-0.2, -0.15) is 0 Å². The topological polar surface area (TPSA) is 84.0 Å². The maximum atomic E-state index is 11.1. The standard InChI is InChI=1S/C14H12BrN3O2/c15-9-2-4-11(10(16)6-9)17-7-8-1-3-12-13(5-8)20-14(19)18-12/h1-6,17H,7,16H2,(H,18,19). The predicted octanol–water partition coefficient (Wildman–Crippen LogP) is 3.08. The average molecular weight is 334 g/mol. The number of hydrogen-bond donors (Lipinski definition) is 3. The number of halogens is 1. The normalized spacial score (nSPS) is 10.8. The molecule has 1 aromatic heterocycles. The van der Waals surface area contributed by atoms with Crippen LogP contribution in [-0.2, 0) is 6.54 Å². The molecule has 0 fully saturated rings. The average Bonchev–Trinajstić information content (AvgIpc) is 2.77. The fourth-order valence-electron chi connectivity index (χ4n) is 1.99. The van der Waals surface area contributed by atoms with Crippen molar-refractivity contribution in [2.24, 2.45) is 0 Å².